The van der Waals surface area contributed by atoms with E-state index in [0.29, 0.717) is 11.5 Å². The highest BCUT2D eigenvalue weighted by Gasteiger charge is 2.26. The molecule has 24 heavy (non-hydrogen) atoms. The predicted molar refractivity (Wildman–Crippen MR) is 89.2 cm³/mol. The van der Waals surface area contributed by atoms with Gasteiger partial charge in [-0.1, -0.05) is 12.1 Å². The molecule has 6 heteroatoms. The number of fused-ring (bicyclic) bond motifs is 1. The summed E-state index contributed by atoms with van der Waals surface area (Å²) in [4.78, 5) is 0. The summed E-state index contributed by atoms with van der Waals surface area (Å²) in [5.74, 6) is 3.09. The van der Waals surface area contributed by atoms with Crippen molar-refractivity contribution in [3.63, 3.8) is 0 Å². The maximum Gasteiger partial charge on any atom is 0.293 e. The molecule has 0 aliphatic rings. The van der Waals surface area contributed by atoms with Crippen molar-refractivity contribution >= 4 is 11.0 Å². The Morgan fingerprint density at radius 1 is 0.875 bits per heavy atom. The van der Waals surface area contributed by atoms with Gasteiger partial charge in [-0.05, 0) is 12.1 Å². The Kier molecular flexibility index (Phi) is 5.24. The molecule has 0 aliphatic heterocycles. The Morgan fingerprint density at radius 2 is 1.46 bits per heavy atom. The number of aryl methyl sites for hydroxylation is 2. The van der Waals surface area contributed by atoms with E-state index in [1.807, 2.05) is 38.4 Å². The molecule has 1 aromatic heterocycles. The van der Waals surface area contributed by atoms with Crippen molar-refractivity contribution in [1.82, 2.24) is 4.57 Å². The van der Waals surface area contributed by atoms with Crippen LogP contribution in [0, 0.1) is 0 Å². The summed E-state index contributed by atoms with van der Waals surface area (Å²) in [6, 6.07) is 12.1. The molecule has 0 bridgehead atoms. The van der Waals surface area contributed by atoms with E-state index in [-0.39, 0.29) is 12.4 Å². The minimum Gasteiger partial charge on any atom is -1.00 e. The molecule has 0 aliphatic carbocycles. The zero-order valence-corrected chi connectivity index (χ0v) is 15.2. The van der Waals surface area contributed by atoms with E-state index in [1.54, 1.807) is 21.3 Å². The lowest BCUT2D eigenvalue weighted by Crippen LogP contribution is -3.00. The molecule has 2 aromatic carbocycles. The zero-order chi connectivity index (χ0) is 16.6. The normalized spacial score (nSPS) is 10.4. The molecule has 3 aromatic rings. The Hall–Kier alpha value is -2.40. The van der Waals surface area contributed by atoms with Crippen LogP contribution in [0.4, 0.5) is 0 Å². The van der Waals surface area contributed by atoms with Crippen LogP contribution in [-0.2, 0) is 14.1 Å². The Morgan fingerprint density at radius 3 is 2.04 bits per heavy atom. The average molecular weight is 349 g/mol. The highest BCUT2D eigenvalue weighted by Crippen LogP contribution is 2.39. The number of imidazole rings is 1. The van der Waals surface area contributed by atoms with Crippen molar-refractivity contribution in [3.05, 3.63) is 36.4 Å². The maximum atomic E-state index is 5.59. The fourth-order valence-electron chi connectivity index (χ4n) is 3.05. The van der Waals surface area contributed by atoms with Gasteiger partial charge in [0.05, 0.1) is 35.4 Å². The van der Waals surface area contributed by atoms with Gasteiger partial charge in [0.2, 0.25) is 0 Å². The minimum absolute atomic E-state index is 0. The molecule has 1 heterocycles. The number of hydrogen-bond acceptors (Lipinski definition) is 3. The van der Waals surface area contributed by atoms with E-state index in [4.69, 9.17) is 14.2 Å². The molecular formula is C18H21ClN2O3. The maximum absolute atomic E-state index is 5.59. The zero-order valence-electron chi connectivity index (χ0n) is 14.5. The molecule has 0 amide bonds. The molecule has 0 spiro atoms. The number of para-hydroxylation sites is 2. The molecule has 0 radical (unpaired) electrons. The van der Waals surface area contributed by atoms with Gasteiger partial charge in [0, 0.05) is 12.1 Å². The molecule has 0 unspecified atom stereocenters. The van der Waals surface area contributed by atoms with Crippen molar-refractivity contribution in [2.45, 2.75) is 0 Å². The summed E-state index contributed by atoms with van der Waals surface area (Å²) in [7, 11) is 9.01. The third-order valence-electron chi connectivity index (χ3n) is 4.19. The highest BCUT2D eigenvalue weighted by molar-refractivity contribution is 5.78. The number of benzene rings is 2. The van der Waals surface area contributed by atoms with Gasteiger partial charge in [0.1, 0.15) is 11.3 Å². The second-order valence-corrected chi connectivity index (χ2v) is 5.34. The molecule has 5 nitrogen and oxygen atoms in total. The molecule has 0 atom stereocenters. The summed E-state index contributed by atoms with van der Waals surface area (Å²) in [6.45, 7) is 0. The van der Waals surface area contributed by atoms with E-state index >= 15 is 0 Å². The van der Waals surface area contributed by atoms with Crippen molar-refractivity contribution in [2.75, 3.05) is 21.3 Å². The predicted octanol–water partition coefficient (Wildman–Crippen LogP) is -0.300. The highest BCUT2D eigenvalue weighted by atomic mass is 35.5. The topological polar surface area (TPSA) is 36.5 Å². The minimum atomic E-state index is 0. The summed E-state index contributed by atoms with van der Waals surface area (Å²) in [5, 5.41) is 0. The second kappa shape index (κ2) is 7.01. The van der Waals surface area contributed by atoms with Crippen LogP contribution in [-0.4, -0.2) is 25.9 Å². The number of halogens is 1. The van der Waals surface area contributed by atoms with Crippen LogP contribution in [0.5, 0.6) is 17.2 Å². The number of aromatic nitrogens is 2. The van der Waals surface area contributed by atoms with Gasteiger partial charge in [0.25, 0.3) is 5.82 Å². The summed E-state index contributed by atoms with van der Waals surface area (Å²) < 4.78 is 20.7. The molecule has 0 fully saturated rings. The average Bonchev–Trinajstić information content (AvgIpc) is 2.85. The van der Waals surface area contributed by atoms with E-state index in [1.165, 1.54) is 0 Å². The van der Waals surface area contributed by atoms with Gasteiger partial charge in [-0.3, -0.25) is 0 Å². The molecule has 3 rings (SSSR count). The fraction of sp³-hybridized carbons (Fsp3) is 0.278. The van der Waals surface area contributed by atoms with Crippen LogP contribution in [0.2, 0.25) is 0 Å². The van der Waals surface area contributed by atoms with Crippen molar-refractivity contribution < 1.29 is 31.2 Å². The number of nitrogens with zero attached hydrogens (tertiary/aromatic N) is 2. The van der Waals surface area contributed by atoms with Crippen LogP contribution >= 0.6 is 0 Å². The van der Waals surface area contributed by atoms with Crippen LogP contribution in [0.3, 0.4) is 0 Å². The lowest BCUT2D eigenvalue weighted by molar-refractivity contribution is -0.634. The number of ether oxygens (including phenoxy) is 3. The molecular weight excluding hydrogens is 328 g/mol. The summed E-state index contributed by atoms with van der Waals surface area (Å²) in [5.41, 5.74) is 3.26. The third-order valence-corrected chi connectivity index (χ3v) is 4.19. The fourth-order valence-corrected chi connectivity index (χ4v) is 3.05. The quantitative estimate of drug-likeness (QED) is 0.607. The van der Waals surface area contributed by atoms with Crippen molar-refractivity contribution in [3.8, 4) is 28.6 Å². The second-order valence-electron chi connectivity index (χ2n) is 5.34. The van der Waals surface area contributed by atoms with E-state index in [0.717, 1.165) is 28.2 Å². The Labute approximate surface area is 147 Å². The standard InChI is InChI=1S/C18H21N2O3.ClH/c1-19-13-8-6-7-9-14(13)20(2)18(19)12-10-16(22-4)17(23-5)11-15(12)21-3;/h6-11H,1-5H3;1H/q+1;/p-1. The lowest BCUT2D eigenvalue weighted by atomic mass is 10.1. The monoisotopic (exact) mass is 348 g/mol. The van der Waals surface area contributed by atoms with Gasteiger partial charge in [-0.25, -0.2) is 9.13 Å². The van der Waals surface area contributed by atoms with Gasteiger partial charge >= 0.3 is 0 Å². The summed E-state index contributed by atoms with van der Waals surface area (Å²) in [6.07, 6.45) is 0. The Bertz CT molecular complexity index is 835. The van der Waals surface area contributed by atoms with Crippen LogP contribution in [0.1, 0.15) is 0 Å². The molecule has 0 saturated carbocycles. The van der Waals surface area contributed by atoms with Crippen LogP contribution in [0.15, 0.2) is 36.4 Å². The number of rotatable bonds is 4. The van der Waals surface area contributed by atoms with Crippen molar-refractivity contribution in [1.29, 1.82) is 0 Å². The number of methoxy groups -OCH3 is 3. The smallest absolute Gasteiger partial charge is 0.293 e. The first-order chi connectivity index (χ1) is 11.1. The van der Waals surface area contributed by atoms with Gasteiger partial charge < -0.3 is 26.6 Å². The lowest BCUT2D eigenvalue weighted by Gasteiger charge is -2.12. The van der Waals surface area contributed by atoms with Crippen LogP contribution in [0.25, 0.3) is 22.4 Å². The van der Waals surface area contributed by atoms with Gasteiger partial charge in [-0.2, -0.15) is 0 Å². The summed E-state index contributed by atoms with van der Waals surface area (Å²) >= 11 is 0. The third kappa shape index (κ3) is 2.65. The van der Waals surface area contributed by atoms with E-state index in [9.17, 15) is 0 Å². The van der Waals surface area contributed by atoms with Gasteiger partial charge in [0.15, 0.2) is 22.5 Å². The SMILES string of the molecule is COc1cc(OC)c(-c2n(C)c3ccccc3[n+]2C)cc1OC.[Cl-]. The first-order valence-corrected chi connectivity index (χ1v) is 7.36. The largest absolute Gasteiger partial charge is 1.00 e. The molecule has 128 valence electrons. The van der Waals surface area contributed by atoms with E-state index < -0.39 is 0 Å². The van der Waals surface area contributed by atoms with Gasteiger partial charge in [-0.15, -0.1) is 0 Å². The first-order valence-electron chi connectivity index (χ1n) is 7.36. The first kappa shape index (κ1) is 17.9. The van der Waals surface area contributed by atoms with E-state index in [2.05, 4.69) is 21.3 Å². The molecule has 0 saturated heterocycles. The number of hydrogen-bond donors (Lipinski definition) is 0. The molecule has 0 N–H and O–H groups in total. The van der Waals surface area contributed by atoms with Crippen LogP contribution < -0.4 is 31.2 Å². The van der Waals surface area contributed by atoms with Crippen molar-refractivity contribution in [2.24, 2.45) is 14.1 Å². The Balaban J connectivity index is 0.00000208.